The minimum atomic E-state index is -0.488. The van der Waals surface area contributed by atoms with Gasteiger partial charge in [0.2, 0.25) is 0 Å². The summed E-state index contributed by atoms with van der Waals surface area (Å²) in [5.74, 6) is 0.798. The number of rotatable bonds is 6. The lowest BCUT2D eigenvalue weighted by Crippen LogP contribution is -2.35. The van der Waals surface area contributed by atoms with Crippen molar-refractivity contribution < 1.29 is 9.84 Å². The lowest BCUT2D eigenvalue weighted by Gasteiger charge is -2.26. The zero-order valence-electron chi connectivity index (χ0n) is 12.9. The van der Waals surface area contributed by atoms with Gasteiger partial charge in [0, 0.05) is 31.4 Å². The maximum absolute atomic E-state index is 10.3. The van der Waals surface area contributed by atoms with Gasteiger partial charge in [-0.15, -0.1) is 0 Å². The van der Waals surface area contributed by atoms with Crippen LogP contribution in [0.4, 0.5) is 0 Å². The first-order valence-electron chi connectivity index (χ1n) is 7.81. The molecule has 1 fully saturated rings. The van der Waals surface area contributed by atoms with E-state index in [9.17, 15) is 5.11 Å². The standard InChI is InChI=1S/C17H23N3O2/c1-19-11-14(10-18-19)17-8-5-9-20(17)12-15(21)13-22-16-6-3-2-4-7-16/h2-4,6-7,10-11,15,17,21H,5,8-9,12-13H2,1H3/t15-,17+/m1/s1. The molecule has 0 aliphatic carbocycles. The Kier molecular flexibility index (Phi) is 4.75. The molecule has 0 unspecified atom stereocenters. The van der Waals surface area contributed by atoms with Crippen molar-refractivity contribution in [2.24, 2.45) is 7.05 Å². The van der Waals surface area contributed by atoms with Crippen LogP contribution in [-0.4, -0.2) is 45.6 Å². The van der Waals surface area contributed by atoms with Crippen molar-refractivity contribution in [1.82, 2.24) is 14.7 Å². The molecule has 0 spiro atoms. The van der Waals surface area contributed by atoms with Gasteiger partial charge in [0.15, 0.2) is 0 Å². The van der Waals surface area contributed by atoms with Crippen molar-refractivity contribution in [3.8, 4) is 5.75 Å². The predicted octanol–water partition coefficient (Wildman–Crippen LogP) is 2.00. The third kappa shape index (κ3) is 3.67. The van der Waals surface area contributed by atoms with Crippen molar-refractivity contribution >= 4 is 0 Å². The molecule has 2 aromatic rings. The fourth-order valence-corrected chi connectivity index (χ4v) is 3.07. The number of likely N-dealkylation sites (tertiary alicyclic amines) is 1. The van der Waals surface area contributed by atoms with Crippen molar-refractivity contribution in [2.45, 2.75) is 25.0 Å². The summed E-state index contributed by atoms with van der Waals surface area (Å²) in [5, 5.41) is 14.5. The van der Waals surface area contributed by atoms with Crippen LogP contribution in [0.15, 0.2) is 42.7 Å². The number of aryl methyl sites for hydroxylation is 1. The van der Waals surface area contributed by atoms with Crippen LogP contribution in [0, 0.1) is 0 Å². The Bertz CT molecular complexity index is 585. The third-order valence-electron chi connectivity index (χ3n) is 4.10. The highest BCUT2D eigenvalue weighted by molar-refractivity contribution is 5.21. The number of hydrogen-bond donors (Lipinski definition) is 1. The van der Waals surface area contributed by atoms with E-state index in [0.717, 1.165) is 25.1 Å². The summed E-state index contributed by atoms with van der Waals surface area (Å²) in [6.45, 7) is 1.97. The van der Waals surface area contributed by atoms with Gasteiger partial charge >= 0.3 is 0 Å². The molecule has 5 heteroatoms. The monoisotopic (exact) mass is 301 g/mol. The van der Waals surface area contributed by atoms with E-state index in [1.54, 1.807) is 0 Å². The van der Waals surface area contributed by atoms with Gasteiger partial charge in [-0.25, -0.2) is 0 Å². The number of benzene rings is 1. The average molecular weight is 301 g/mol. The molecule has 2 atom stereocenters. The Balaban J connectivity index is 1.53. The summed E-state index contributed by atoms with van der Waals surface area (Å²) in [7, 11) is 1.94. The normalized spacial score (nSPS) is 20.2. The van der Waals surface area contributed by atoms with Crippen molar-refractivity contribution in [1.29, 1.82) is 0 Å². The summed E-state index contributed by atoms with van der Waals surface area (Å²) in [4.78, 5) is 2.33. The van der Waals surface area contributed by atoms with E-state index in [4.69, 9.17) is 4.74 Å². The van der Waals surface area contributed by atoms with Crippen LogP contribution in [0.2, 0.25) is 0 Å². The first-order chi connectivity index (χ1) is 10.7. The molecule has 1 aliphatic rings. The third-order valence-corrected chi connectivity index (χ3v) is 4.10. The smallest absolute Gasteiger partial charge is 0.119 e. The van der Waals surface area contributed by atoms with E-state index in [1.807, 2.05) is 48.3 Å². The van der Waals surface area contributed by atoms with Gasteiger partial charge in [0.25, 0.3) is 0 Å². The molecule has 5 nitrogen and oxygen atoms in total. The molecule has 1 aliphatic heterocycles. The van der Waals surface area contributed by atoms with Gasteiger partial charge in [-0.1, -0.05) is 18.2 Å². The van der Waals surface area contributed by atoms with E-state index in [2.05, 4.69) is 16.2 Å². The second-order valence-electron chi connectivity index (χ2n) is 5.88. The van der Waals surface area contributed by atoms with E-state index < -0.39 is 6.10 Å². The molecular formula is C17H23N3O2. The molecule has 2 heterocycles. The molecule has 118 valence electrons. The molecule has 0 radical (unpaired) electrons. The summed E-state index contributed by atoms with van der Waals surface area (Å²) in [5.41, 5.74) is 1.23. The van der Waals surface area contributed by atoms with Crippen LogP contribution in [0.3, 0.4) is 0 Å². The largest absolute Gasteiger partial charge is 0.491 e. The number of aliphatic hydroxyl groups excluding tert-OH is 1. The van der Waals surface area contributed by atoms with Crippen molar-refractivity contribution in [3.63, 3.8) is 0 Å². The number of hydrogen-bond acceptors (Lipinski definition) is 4. The molecule has 0 bridgehead atoms. The zero-order chi connectivity index (χ0) is 15.4. The van der Waals surface area contributed by atoms with Crippen LogP contribution >= 0.6 is 0 Å². The van der Waals surface area contributed by atoms with E-state index >= 15 is 0 Å². The van der Waals surface area contributed by atoms with Crippen LogP contribution in [-0.2, 0) is 7.05 Å². The first kappa shape index (κ1) is 15.1. The molecule has 1 N–H and O–H groups in total. The summed E-state index contributed by atoms with van der Waals surface area (Å²) in [6.07, 6.45) is 5.78. The Labute approximate surface area is 131 Å². The number of aromatic nitrogens is 2. The van der Waals surface area contributed by atoms with Gasteiger partial charge < -0.3 is 9.84 Å². The molecule has 1 aromatic heterocycles. The Morgan fingerprint density at radius 2 is 2.18 bits per heavy atom. The average Bonchev–Trinajstić information content (AvgIpc) is 3.15. The first-order valence-corrected chi connectivity index (χ1v) is 7.81. The van der Waals surface area contributed by atoms with E-state index in [0.29, 0.717) is 19.2 Å². The quantitative estimate of drug-likeness (QED) is 0.886. The van der Waals surface area contributed by atoms with Gasteiger partial charge in [-0.05, 0) is 31.5 Å². The Morgan fingerprint density at radius 3 is 2.91 bits per heavy atom. The number of aliphatic hydroxyl groups is 1. The molecule has 0 saturated carbocycles. The highest BCUT2D eigenvalue weighted by Crippen LogP contribution is 2.31. The van der Waals surface area contributed by atoms with Crippen LogP contribution in [0.25, 0.3) is 0 Å². The van der Waals surface area contributed by atoms with Gasteiger partial charge in [-0.2, -0.15) is 5.10 Å². The topological polar surface area (TPSA) is 50.5 Å². The summed E-state index contributed by atoms with van der Waals surface area (Å²) < 4.78 is 7.46. The second-order valence-corrected chi connectivity index (χ2v) is 5.88. The number of β-amino-alcohol motifs (C(OH)–C–C–N with tert-alkyl or cyclic N) is 1. The number of ether oxygens (including phenoxy) is 1. The lowest BCUT2D eigenvalue weighted by atomic mass is 10.1. The van der Waals surface area contributed by atoms with Gasteiger partial charge in [0.1, 0.15) is 18.5 Å². The number of nitrogens with zero attached hydrogens (tertiary/aromatic N) is 3. The molecule has 1 saturated heterocycles. The SMILES string of the molecule is Cn1cc([C@@H]2CCCN2C[C@@H](O)COc2ccccc2)cn1. The molecular weight excluding hydrogens is 278 g/mol. The van der Waals surface area contributed by atoms with Crippen LogP contribution in [0.1, 0.15) is 24.4 Å². The van der Waals surface area contributed by atoms with Gasteiger partial charge in [0.05, 0.1) is 6.20 Å². The maximum Gasteiger partial charge on any atom is 0.119 e. The number of para-hydroxylation sites is 1. The van der Waals surface area contributed by atoms with E-state index in [1.165, 1.54) is 5.56 Å². The lowest BCUT2D eigenvalue weighted by molar-refractivity contribution is 0.0638. The second kappa shape index (κ2) is 6.94. The highest BCUT2D eigenvalue weighted by Gasteiger charge is 2.28. The van der Waals surface area contributed by atoms with E-state index in [-0.39, 0.29) is 0 Å². The van der Waals surface area contributed by atoms with Crippen molar-refractivity contribution in [3.05, 3.63) is 48.3 Å². The minimum Gasteiger partial charge on any atom is -0.491 e. The molecule has 3 rings (SSSR count). The van der Waals surface area contributed by atoms with Crippen molar-refractivity contribution in [2.75, 3.05) is 19.7 Å². The predicted molar refractivity (Wildman–Crippen MR) is 84.7 cm³/mol. The fourth-order valence-electron chi connectivity index (χ4n) is 3.07. The molecule has 1 aromatic carbocycles. The molecule has 22 heavy (non-hydrogen) atoms. The highest BCUT2D eigenvalue weighted by atomic mass is 16.5. The maximum atomic E-state index is 10.3. The van der Waals surface area contributed by atoms with Crippen LogP contribution < -0.4 is 4.74 Å². The summed E-state index contributed by atoms with van der Waals surface area (Å²) >= 11 is 0. The zero-order valence-corrected chi connectivity index (χ0v) is 12.9. The molecule has 0 amide bonds. The Morgan fingerprint density at radius 1 is 1.36 bits per heavy atom. The Hall–Kier alpha value is -1.85. The summed E-state index contributed by atoms with van der Waals surface area (Å²) in [6, 6.07) is 9.98. The van der Waals surface area contributed by atoms with Gasteiger partial charge in [-0.3, -0.25) is 9.58 Å². The minimum absolute atomic E-state index is 0.320. The van der Waals surface area contributed by atoms with Crippen LogP contribution in [0.5, 0.6) is 5.75 Å². The fraction of sp³-hybridized carbons (Fsp3) is 0.471.